The van der Waals surface area contributed by atoms with Crippen LogP contribution in [0.1, 0.15) is 242 Å². The van der Waals surface area contributed by atoms with Crippen molar-refractivity contribution < 1.29 is 47.8 Å². The van der Waals surface area contributed by atoms with Gasteiger partial charge in [-0.3, -0.25) is 48.2 Å². The van der Waals surface area contributed by atoms with Gasteiger partial charge in [0.05, 0.1) is 12.1 Å². The maximum absolute atomic E-state index is 14.6. The summed E-state index contributed by atoms with van der Waals surface area (Å²) in [5.74, 6) is -0.970. The van der Waals surface area contributed by atoms with Gasteiger partial charge in [0.15, 0.2) is 0 Å². The van der Waals surface area contributed by atoms with Crippen LogP contribution in [0.3, 0.4) is 0 Å². The molecule has 14 atom stereocenters. The van der Waals surface area contributed by atoms with Crippen LogP contribution in [0.5, 0.6) is 0 Å². The average Bonchev–Trinajstić information content (AvgIpc) is 1.24. The first-order valence-electron chi connectivity index (χ1n) is 38.0. The molecule has 2 aliphatic heterocycles. The van der Waals surface area contributed by atoms with Crippen molar-refractivity contribution in [3.05, 3.63) is 104 Å². The van der Waals surface area contributed by atoms with Crippen molar-refractivity contribution in [2.24, 2.45) is 35.5 Å². The molecule has 2 fully saturated rings. The van der Waals surface area contributed by atoms with Crippen LogP contribution in [0.2, 0.25) is 0 Å². The van der Waals surface area contributed by atoms with Gasteiger partial charge in [-0.2, -0.15) is 0 Å². The number of ketones is 2. The number of carbonyl (C=O) groups excluding carboxylic acids is 8. The SMILES string of the molecule is CCCN(C(=O)[C@@H](NC(=O)[C@H]1CCCCN1C)[C@@H](C)CC)[C@H](C[C@@H](OCC)c1nc(C(=O)N[C@@H](Cc2ccccc2)C[C@H](C)C(C)=O)cs1)C(C)C.CCO[C@H](C[C@H](C(C)C)N(C)C(=O)[C@@H](NC(=O)[C@H]1CCCCN1C)[C@@H](C)CC)c1nc(C(=O)N[C@@H](Cc2ccccc2)C[C@H](C)C(C)=O)cs1. The van der Waals surface area contributed by atoms with E-state index in [0.29, 0.717) is 79.7 Å². The molecule has 6 amide bonds. The Morgan fingerprint density at radius 3 is 1.28 bits per heavy atom. The van der Waals surface area contributed by atoms with Crippen molar-refractivity contribution >= 4 is 69.7 Å². The van der Waals surface area contributed by atoms with E-state index in [1.54, 1.807) is 29.5 Å². The summed E-state index contributed by atoms with van der Waals surface area (Å²) in [5, 5.41) is 17.5. The third-order valence-electron chi connectivity index (χ3n) is 20.9. The molecule has 20 nitrogen and oxygen atoms in total. The number of amides is 6. The molecule has 6 rings (SSSR count). The Kier molecular flexibility index (Phi) is 37.1. The van der Waals surface area contributed by atoms with Crippen LogP contribution in [-0.4, -0.2) is 179 Å². The van der Waals surface area contributed by atoms with Crippen LogP contribution in [0, 0.1) is 35.5 Å². The topological polar surface area (TPSA) is 242 Å². The minimum absolute atomic E-state index is 0.0376. The number of ether oxygens (including phenoxy) is 2. The molecule has 0 saturated carbocycles. The summed E-state index contributed by atoms with van der Waals surface area (Å²) in [6, 6.07) is 17.3. The highest BCUT2D eigenvalue weighted by atomic mass is 32.1. The van der Waals surface area contributed by atoms with Gasteiger partial charge < -0.3 is 40.5 Å². The fourth-order valence-electron chi connectivity index (χ4n) is 13.8. The summed E-state index contributed by atoms with van der Waals surface area (Å²) in [6.07, 6.45) is 10.5. The number of hydrogen-bond donors (Lipinski definition) is 4. The van der Waals surface area contributed by atoms with Crippen molar-refractivity contribution in [3.8, 4) is 0 Å². The molecule has 2 aromatic heterocycles. The number of Topliss-reactive ketones (excluding diaryl/α,β-unsaturated/α-hetero) is 2. The third kappa shape index (κ3) is 26.4. The number of aromatic nitrogens is 2. The maximum Gasteiger partial charge on any atom is 0.270 e. The van der Waals surface area contributed by atoms with Crippen LogP contribution in [0.25, 0.3) is 0 Å². The third-order valence-corrected chi connectivity index (χ3v) is 22.8. The number of likely N-dealkylation sites (tertiary alicyclic amines) is 2. The Labute approximate surface area is 619 Å². The Balaban J connectivity index is 0.000000367. The van der Waals surface area contributed by atoms with Crippen molar-refractivity contribution in [1.82, 2.24) is 50.8 Å². The zero-order valence-corrected chi connectivity index (χ0v) is 66.5. The van der Waals surface area contributed by atoms with Gasteiger partial charge in [-0.25, -0.2) is 9.97 Å². The smallest absolute Gasteiger partial charge is 0.270 e. The first kappa shape index (κ1) is 86.3. The fraction of sp³-hybridized carbons (Fsp3) is 0.675. The molecule has 0 unspecified atom stereocenters. The molecule has 4 aromatic rings. The second kappa shape index (κ2) is 43.8. The lowest BCUT2D eigenvalue weighted by molar-refractivity contribution is -0.143. The molecule has 0 radical (unpaired) electrons. The first-order valence-corrected chi connectivity index (χ1v) is 39.8. The molecular formula is C80H126N10O10S2. The van der Waals surface area contributed by atoms with E-state index >= 15 is 0 Å². The van der Waals surface area contributed by atoms with E-state index < -0.39 is 24.3 Å². The van der Waals surface area contributed by atoms with Crippen molar-refractivity contribution in [3.63, 3.8) is 0 Å². The van der Waals surface area contributed by atoms with Gasteiger partial charge in [-0.1, -0.05) is 163 Å². The average molecular weight is 1450 g/mol. The first-order chi connectivity index (χ1) is 48.6. The second-order valence-electron chi connectivity index (χ2n) is 29.5. The van der Waals surface area contributed by atoms with Gasteiger partial charge in [-0.05, 0) is 147 Å². The lowest BCUT2D eigenvalue weighted by Crippen LogP contribution is -2.58. The second-order valence-corrected chi connectivity index (χ2v) is 31.3. The minimum atomic E-state index is -0.635. The Morgan fingerprint density at radius 2 is 0.931 bits per heavy atom. The molecular weight excluding hydrogens is 1330 g/mol. The van der Waals surface area contributed by atoms with E-state index in [-0.39, 0.29) is 119 Å². The number of benzene rings is 2. The summed E-state index contributed by atoms with van der Waals surface area (Å²) in [5.41, 5.74) is 2.79. The highest BCUT2D eigenvalue weighted by Crippen LogP contribution is 2.34. The molecule has 2 aromatic carbocycles. The van der Waals surface area contributed by atoms with Gasteiger partial charge in [0.1, 0.15) is 57.3 Å². The summed E-state index contributed by atoms with van der Waals surface area (Å²) in [6.45, 7) is 32.6. The van der Waals surface area contributed by atoms with Crippen molar-refractivity contribution in [2.45, 2.75) is 261 Å². The highest BCUT2D eigenvalue weighted by Gasteiger charge is 2.40. The van der Waals surface area contributed by atoms with Gasteiger partial charge in [0.25, 0.3) is 11.8 Å². The quantitative estimate of drug-likeness (QED) is 0.0324. The molecule has 4 N–H and O–H groups in total. The number of carbonyl (C=O) groups is 8. The number of rotatable bonds is 40. The largest absolute Gasteiger partial charge is 0.371 e. The molecule has 2 saturated heterocycles. The molecule has 22 heteroatoms. The molecule has 0 spiro atoms. The normalized spacial score (nSPS) is 18.7. The lowest BCUT2D eigenvalue weighted by Gasteiger charge is -2.40. The summed E-state index contributed by atoms with van der Waals surface area (Å²) in [7, 11) is 5.78. The van der Waals surface area contributed by atoms with Crippen LogP contribution >= 0.6 is 22.7 Å². The van der Waals surface area contributed by atoms with E-state index in [4.69, 9.17) is 19.4 Å². The summed E-state index contributed by atoms with van der Waals surface area (Å²) in [4.78, 5) is 125. The zero-order chi connectivity index (χ0) is 75.3. The summed E-state index contributed by atoms with van der Waals surface area (Å²) < 4.78 is 12.5. The fourth-order valence-corrected chi connectivity index (χ4v) is 15.6. The van der Waals surface area contributed by atoms with Gasteiger partial charge >= 0.3 is 0 Å². The molecule has 0 aliphatic carbocycles. The number of hydrogen-bond acceptors (Lipinski definition) is 16. The Hall–Kier alpha value is -6.30. The van der Waals surface area contributed by atoms with Gasteiger partial charge in [-0.15, -0.1) is 22.7 Å². The molecule has 4 heterocycles. The predicted molar refractivity (Wildman–Crippen MR) is 409 cm³/mol. The van der Waals surface area contributed by atoms with E-state index in [0.717, 1.165) is 82.0 Å². The lowest BCUT2D eigenvalue weighted by atomic mass is 9.92. The monoisotopic (exact) mass is 1450 g/mol. The summed E-state index contributed by atoms with van der Waals surface area (Å²) >= 11 is 2.76. The minimum Gasteiger partial charge on any atom is -0.371 e. The van der Waals surface area contributed by atoms with Crippen LogP contribution < -0.4 is 21.3 Å². The van der Waals surface area contributed by atoms with Crippen LogP contribution in [-0.2, 0) is 51.1 Å². The van der Waals surface area contributed by atoms with Crippen LogP contribution in [0.4, 0.5) is 0 Å². The van der Waals surface area contributed by atoms with E-state index in [1.165, 1.54) is 22.7 Å². The molecule has 102 heavy (non-hydrogen) atoms. The number of nitrogens with zero attached hydrogens (tertiary/aromatic N) is 6. The highest BCUT2D eigenvalue weighted by molar-refractivity contribution is 7.10. The number of likely N-dealkylation sites (N-methyl/N-ethyl adjacent to an activating group) is 3. The van der Waals surface area contributed by atoms with Gasteiger partial charge in [0.2, 0.25) is 23.6 Å². The maximum atomic E-state index is 14.6. The zero-order valence-electron chi connectivity index (χ0n) is 64.9. The van der Waals surface area contributed by atoms with Crippen LogP contribution in [0.15, 0.2) is 71.4 Å². The predicted octanol–water partition coefficient (Wildman–Crippen LogP) is 12.9. The number of nitrogens with one attached hydrogen (secondary N) is 4. The standard InChI is InChI=1S/C41H65N5O5S.C39H61N5O5S/c1-10-21-46(41(50)37(28(6)11-2)44-39(49)34-20-16-17-22-45(34)9)35(27(4)5)25-36(51-12-3)40-43-33(26-52-40)38(48)42-32(23-29(7)30(8)47)24-31-18-14-13-15-19-31;1-10-26(5)35(42-37(47)32-19-15-16-20-43(32)8)39(48)44(9)33(25(3)4)23-34(49-11-2)38-41-31(24-50-38)36(46)40-30(21-27(6)28(7)45)22-29-17-13-12-14-18-29/h13-15,18-19,26-29,32,34-37H,10-12,16-17,20-25H2,1-9H3,(H,42,48)(H,44,49);12-14,17-18,24-27,30,32-35H,10-11,15-16,19-23H2,1-9H3,(H,40,46)(H,42,47)/t28-,29-,32+,34+,35+,36+,37-;26-,27-,30+,32+,33+,34+,35-/m00/s1. The Morgan fingerprint density at radius 1 is 0.539 bits per heavy atom. The molecule has 568 valence electrons. The van der Waals surface area contributed by atoms with E-state index in [2.05, 4.69) is 72.6 Å². The van der Waals surface area contributed by atoms with E-state index in [9.17, 15) is 38.4 Å². The van der Waals surface area contributed by atoms with Gasteiger partial charge in [0, 0.05) is 86.4 Å². The molecule has 0 bridgehead atoms. The number of thiazole rings is 2. The van der Waals surface area contributed by atoms with Crippen molar-refractivity contribution in [1.29, 1.82) is 0 Å². The Bertz CT molecular complexity index is 3220. The number of piperidine rings is 2. The van der Waals surface area contributed by atoms with E-state index in [1.807, 2.05) is 135 Å². The van der Waals surface area contributed by atoms with Crippen molar-refractivity contribution in [2.75, 3.05) is 54.0 Å². The molecule has 2 aliphatic rings.